The molecule has 0 saturated carbocycles. The Hall–Kier alpha value is -3.50. The number of nitro groups is 1. The zero-order chi connectivity index (χ0) is 19.9. The summed E-state index contributed by atoms with van der Waals surface area (Å²) in [5, 5.41) is 13.1. The van der Waals surface area contributed by atoms with Crippen molar-refractivity contribution in [3.05, 3.63) is 63.5 Å². The quantitative estimate of drug-likeness (QED) is 0.489. The lowest BCUT2D eigenvalue weighted by molar-refractivity contribution is -0.387. The largest absolute Gasteiger partial charge is 0.416 e. The molecule has 0 aliphatic carbocycles. The van der Waals surface area contributed by atoms with E-state index in [1.807, 2.05) is 0 Å². The maximum Gasteiger partial charge on any atom is 0.416 e. The molecule has 0 aromatic heterocycles. The van der Waals surface area contributed by atoms with Gasteiger partial charge in [0, 0.05) is 11.6 Å². The minimum atomic E-state index is -4.65. The van der Waals surface area contributed by atoms with Crippen LogP contribution >= 0.6 is 0 Å². The third kappa shape index (κ3) is 3.43. The zero-order valence-electron chi connectivity index (χ0n) is 13.2. The number of rotatable bonds is 2. The Morgan fingerprint density at radius 1 is 1.19 bits per heavy atom. The Labute approximate surface area is 148 Å². The first-order valence-corrected chi connectivity index (χ1v) is 7.35. The van der Waals surface area contributed by atoms with Gasteiger partial charge in [-0.15, -0.1) is 0 Å². The molecule has 0 spiro atoms. The first-order valence-electron chi connectivity index (χ1n) is 7.35. The number of anilines is 2. The van der Waals surface area contributed by atoms with Crippen molar-refractivity contribution in [3.63, 3.8) is 0 Å². The Balaban J connectivity index is 2.03. The highest BCUT2D eigenvalue weighted by Crippen LogP contribution is 2.37. The Kier molecular flexibility index (Phi) is 4.30. The second-order valence-corrected chi connectivity index (χ2v) is 5.59. The standard InChI is InChI=1S/C16H9F4N3O4/c17-10-3-1-8(5-13(10)23(26)27)15(25)22-7-14(24)21-11-6-9(16(18,19)20)2-4-12(11)22/h1-6H,7H2,(H,21,24). The van der Waals surface area contributed by atoms with Gasteiger partial charge >= 0.3 is 11.9 Å². The fourth-order valence-corrected chi connectivity index (χ4v) is 2.59. The molecule has 0 radical (unpaired) electrons. The molecule has 1 aliphatic heterocycles. The molecule has 2 aromatic rings. The van der Waals surface area contributed by atoms with E-state index >= 15 is 0 Å². The number of fused-ring (bicyclic) bond motifs is 1. The van der Waals surface area contributed by atoms with Gasteiger partial charge in [0.15, 0.2) is 0 Å². The second-order valence-electron chi connectivity index (χ2n) is 5.59. The molecule has 2 amide bonds. The molecule has 0 fully saturated rings. The molecular weight excluding hydrogens is 374 g/mol. The third-order valence-electron chi connectivity index (χ3n) is 3.83. The lowest BCUT2D eigenvalue weighted by Gasteiger charge is -2.29. The molecule has 1 N–H and O–H groups in total. The third-order valence-corrected chi connectivity index (χ3v) is 3.83. The summed E-state index contributed by atoms with van der Waals surface area (Å²) in [4.78, 5) is 35.1. The van der Waals surface area contributed by atoms with Gasteiger partial charge in [-0.1, -0.05) is 0 Å². The molecule has 0 bridgehead atoms. The highest BCUT2D eigenvalue weighted by molar-refractivity contribution is 6.15. The van der Waals surface area contributed by atoms with Crippen LogP contribution in [0.15, 0.2) is 36.4 Å². The number of benzene rings is 2. The first-order chi connectivity index (χ1) is 12.6. The van der Waals surface area contributed by atoms with Crippen molar-refractivity contribution in [1.82, 2.24) is 0 Å². The van der Waals surface area contributed by atoms with Crippen molar-refractivity contribution in [2.75, 3.05) is 16.8 Å². The van der Waals surface area contributed by atoms with E-state index < -0.39 is 46.5 Å². The van der Waals surface area contributed by atoms with Crippen LogP contribution in [-0.2, 0) is 11.0 Å². The number of halogens is 4. The van der Waals surface area contributed by atoms with Crippen molar-refractivity contribution in [1.29, 1.82) is 0 Å². The van der Waals surface area contributed by atoms with Crippen molar-refractivity contribution in [3.8, 4) is 0 Å². The van der Waals surface area contributed by atoms with E-state index in [1.165, 1.54) is 0 Å². The van der Waals surface area contributed by atoms with Crippen LogP contribution in [0, 0.1) is 15.9 Å². The average Bonchev–Trinajstić information content (AvgIpc) is 2.59. The molecule has 11 heteroatoms. The highest BCUT2D eigenvalue weighted by Gasteiger charge is 2.34. The lowest BCUT2D eigenvalue weighted by Crippen LogP contribution is -2.42. The summed E-state index contributed by atoms with van der Waals surface area (Å²) in [6.45, 7) is -0.512. The van der Waals surface area contributed by atoms with E-state index in [4.69, 9.17) is 0 Å². The van der Waals surface area contributed by atoms with Crippen LogP contribution in [0.3, 0.4) is 0 Å². The van der Waals surface area contributed by atoms with Gasteiger partial charge < -0.3 is 5.32 Å². The molecule has 2 aromatic carbocycles. The Morgan fingerprint density at radius 2 is 1.89 bits per heavy atom. The monoisotopic (exact) mass is 383 g/mol. The molecule has 1 heterocycles. The van der Waals surface area contributed by atoms with E-state index in [0.29, 0.717) is 12.1 Å². The predicted molar refractivity (Wildman–Crippen MR) is 84.8 cm³/mol. The number of nitro benzene ring substituents is 1. The van der Waals surface area contributed by atoms with Crippen molar-refractivity contribution >= 4 is 28.9 Å². The normalized spacial score (nSPS) is 13.8. The van der Waals surface area contributed by atoms with Gasteiger partial charge in [-0.2, -0.15) is 17.6 Å². The minimum Gasteiger partial charge on any atom is -0.323 e. The summed E-state index contributed by atoms with van der Waals surface area (Å²) in [6, 6.07) is 4.84. The number of carbonyl (C=O) groups excluding carboxylic acids is 2. The number of nitrogens with one attached hydrogen (secondary N) is 1. The number of hydrogen-bond acceptors (Lipinski definition) is 4. The van der Waals surface area contributed by atoms with Gasteiger partial charge in [0.25, 0.3) is 5.91 Å². The summed E-state index contributed by atoms with van der Waals surface area (Å²) in [7, 11) is 0. The topological polar surface area (TPSA) is 92.5 Å². The smallest absolute Gasteiger partial charge is 0.323 e. The maximum absolute atomic E-state index is 13.4. The van der Waals surface area contributed by atoms with Gasteiger partial charge in [-0.3, -0.25) is 24.6 Å². The number of nitrogens with zero attached hydrogens (tertiary/aromatic N) is 2. The Bertz CT molecular complexity index is 975. The van der Waals surface area contributed by atoms with Crippen molar-refractivity contribution < 1.29 is 32.1 Å². The van der Waals surface area contributed by atoms with Crippen LogP contribution in [0.4, 0.5) is 34.6 Å². The van der Waals surface area contributed by atoms with E-state index in [2.05, 4.69) is 5.32 Å². The summed E-state index contributed by atoms with van der Waals surface area (Å²) in [6.07, 6.45) is -4.65. The van der Waals surface area contributed by atoms with E-state index in [1.54, 1.807) is 0 Å². The summed E-state index contributed by atoms with van der Waals surface area (Å²) < 4.78 is 52.0. The Morgan fingerprint density at radius 3 is 2.52 bits per heavy atom. The predicted octanol–water partition coefficient (Wildman–Crippen LogP) is 3.35. The summed E-state index contributed by atoms with van der Waals surface area (Å²) in [5.74, 6) is -2.79. The molecule has 1 aliphatic rings. The molecule has 0 saturated heterocycles. The van der Waals surface area contributed by atoms with Crippen LogP contribution in [0.2, 0.25) is 0 Å². The number of amides is 2. The fraction of sp³-hybridized carbons (Fsp3) is 0.125. The molecule has 27 heavy (non-hydrogen) atoms. The van der Waals surface area contributed by atoms with E-state index in [0.717, 1.165) is 29.2 Å². The van der Waals surface area contributed by atoms with Gasteiger partial charge in [-0.05, 0) is 30.3 Å². The molecule has 3 rings (SSSR count). The number of hydrogen-bond donors (Lipinski definition) is 1. The zero-order valence-corrected chi connectivity index (χ0v) is 13.2. The van der Waals surface area contributed by atoms with Gasteiger partial charge in [0.1, 0.15) is 6.54 Å². The summed E-state index contributed by atoms with van der Waals surface area (Å²) in [5.41, 5.74) is -2.49. The fourth-order valence-electron chi connectivity index (χ4n) is 2.59. The van der Waals surface area contributed by atoms with Gasteiger partial charge in [0.05, 0.1) is 21.9 Å². The molecule has 0 atom stereocenters. The molecule has 140 valence electrons. The number of alkyl halides is 3. The minimum absolute atomic E-state index is 0.0143. The lowest BCUT2D eigenvalue weighted by atomic mass is 10.1. The second kappa shape index (κ2) is 6.34. The van der Waals surface area contributed by atoms with E-state index in [9.17, 15) is 37.3 Å². The SMILES string of the molecule is O=C1CN(C(=O)c2ccc(F)c([N+](=O)[O-])c2)c2ccc(C(F)(F)F)cc2N1. The van der Waals surface area contributed by atoms with Gasteiger partial charge in [0.2, 0.25) is 11.7 Å². The van der Waals surface area contributed by atoms with Crippen molar-refractivity contribution in [2.45, 2.75) is 6.18 Å². The number of carbonyl (C=O) groups is 2. The van der Waals surface area contributed by atoms with Crippen LogP contribution in [0.1, 0.15) is 15.9 Å². The van der Waals surface area contributed by atoms with Crippen molar-refractivity contribution in [2.24, 2.45) is 0 Å². The van der Waals surface area contributed by atoms with Crippen LogP contribution in [0.25, 0.3) is 0 Å². The van der Waals surface area contributed by atoms with Gasteiger partial charge in [-0.25, -0.2) is 0 Å². The van der Waals surface area contributed by atoms with E-state index in [-0.39, 0.29) is 16.9 Å². The van der Waals surface area contributed by atoms with Crippen LogP contribution < -0.4 is 10.2 Å². The maximum atomic E-state index is 13.4. The summed E-state index contributed by atoms with van der Waals surface area (Å²) >= 11 is 0. The first kappa shape index (κ1) is 18.3. The molecular formula is C16H9F4N3O4. The molecule has 7 nitrogen and oxygen atoms in total. The van der Waals surface area contributed by atoms with Crippen LogP contribution in [0.5, 0.6) is 0 Å². The van der Waals surface area contributed by atoms with Crippen LogP contribution in [-0.4, -0.2) is 23.3 Å². The highest BCUT2D eigenvalue weighted by atomic mass is 19.4. The molecule has 0 unspecified atom stereocenters. The average molecular weight is 383 g/mol.